The summed E-state index contributed by atoms with van der Waals surface area (Å²) in [6.45, 7) is 6.37. The van der Waals surface area contributed by atoms with E-state index in [1.165, 1.54) is 13.0 Å². The van der Waals surface area contributed by atoms with Crippen LogP contribution in [-0.2, 0) is 15.0 Å². The Morgan fingerprint density at radius 2 is 1.65 bits per heavy atom. The molecule has 1 aliphatic rings. The summed E-state index contributed by atoms with van der Waals surface area (Å²) in [7, 11) is 0. The van der Waals surface area contributed by atoms with Crippen molar-refractivity contribution in [2.45, 2.75) is 32.3 Å². The quantitative estimate of drug-likeness (QED) is 0.908. The lowest BCUT2D eigenvalue weighted by atomic mass is 9.82. The third-order valence-electron chi connectivity index (χ3n) is 4.32. The number of hydrogen-bond acceptors (Lipinski definition) is 3. The zero-order chi connectivity index (χ0) is 17.2. The van der Waals surface area contributed by atoms with Gasteiger partial charge in [-0.15, -0.1) is 0 Å². The first-order valence-electron chi connectivity index (χ1n) is 7.76. The second kappa shape index (κ2) is 6.66. The van der Waals surface area contributed by atoms with E-state index in [1.807, 2.05) is 0 Å². The van der Waals surface area contributed by atoms with Gasteiger partial charge in [0.25, 0.3) is 5.91 Å². The van der Waals surface area contributed by atoms with Crippen molar-refractivity contribution in [3.63, 3.8) is 0 Å². The number of nitrogens with zero attached hydrogens (tertiary/aromatic N) is 2. The standard InChI is InChI=1S/C17H23FN2O3/c1-12(21)15(22)19-8-10-20(11-9-19)16(23)17(2,3)13-6-4-5-7-14(13)18/h4-7,12,21H,8-11H2,1-3H3. The Labute approximate surface area is 135 Å². The van der Waals surface area contributed by atoms with Crippen molar-refractivity contribution in [1.29, 1.82) is 0 Å². The van der Waals surface area contributed by atoms with Crippen molar-refractivity contribution in [3.05, 3.63) is 35.6 Å². The predicted octanol–water partition coefficient (Wildman–Crippen LogP) is 1.15. The molecule has 2 amide bonds. The first kappa shape index (κ1) is 17.4. The van der Waals surface area contributed by atoms with E-state index in [2.05, 4.69) is 0 Å². The SMILES string of the molecule is CC(O)C(=O)N1CCN(C(=O)C(C)(C)c2ccccc2F)CC1. The van der Waals surface area contributed by atoms with Crippen LogP contribution in [0.5, 0.6) is 0 Å². The summed E-state index contributed by atoms with van der Waals surface area (Å²) in [5.74, 6) is -0.883. The molecule has 1 aromatic carbocycles. The molecule has 0 aromatic heterocycles. The molecule has 1 aromatic rings. The van der Waals surface area contributed by atoms with E-state index in [4.69, 9.17) is 0 Å². The molecule has 2 rings (SSSR count). The number of carbonyl (C=O) groups is 2. The average Bonchev–Trinajstić information content (AvgIpc) is 2.53. The zero-order valence-corrected chi connectivity index (χ0v) is 13.8. The average molecular weight is 322 g/mol. The molecule has 5 nitrogen and oxygen atoms in total. The number of halogens is 1. The molecule has 1 unspecified atom stereocenters. The normalized spacial score (nSPS) is 17.1. The highest BCUT2D eigenvalue weighted by Crippen LogP contribution is 2.28. The molecule has 6 heteroatoms. The van der Waals surface area contributed by atoms with E-state index in [-0.39, 0.29) is 11.8 Å². The van der Waals surface area contributed by atoms with Crippen molar-refractivity contribution in [2.75, 3.05) is 26.2 Å². The van der Waals surface area contributed by atoms with Gasteiger partial charge in [-0.1, -0.05) is 18.2 Å². The molecule has 126 valence electrons. The Morgan fingerprint density at radius 3 is 2.17 bits per heavy atom. The maximum atomic E-state index is 14.0. The van der Waals surface area contributed by atoms with Crippen molar-refractivity contribution in [2.24, 2.45) is 0 Å². The highest BCUT2D eigenvalue weighted by molar-refractivity contribution is 5.88. The van der Waals surface area contributed by atoms with Crippen LogP contribution in [-0.4, -0.2) is 59.0 Å². The topological polar surface area (TPSA) is 60.9 Å². The van der Waals surface area contributed by atoms with Crippen molar-refractivity contribution >= 4 is 11.8 Å². The summed E-state index contributed by atoms with van der Waals surface area (Å²) in [5, 5.41) is 9.34. The van der Waals surface area contributed by atoms with Crippen molar-refractivity contribution < 1.29 is 19.1 Å². The maximum absolute atomic E-state index is 14.0. The van der Waals surface area contributed by atoms with Crippen LogP contribution in [0.3, 0.4) is 0 Å². The minimum atomic E-state index is -1.04. The molecule has 0 aliphatic carbocycles. The fourth-order valence-corrected chi connectivity index (χ4v) is 2.87. The summed E-state index contributed by atoms with van der Waals surface area (Å²) in [6, 6.07) is 6.29. The van der Waals surface area contributed by atoms with Crippen LogP contribution < -0.4 is 0 Å². The molecule has 1 fully saturated rings. The first-order chi connectivity index (χ1) is 10.7. The summed E-state index contributed by atoms with van der Waals surface area (Å²) < 4.78 is 14.0. The number of aliphatic hydroxyl groups excluding tert-OH is 1. The highest BCUT2D eigenvalue weighted by Gasteiger charge is 2.37. The number of hydrogen-bond donors (Lipinski definition) is 1. The first-order valence-corrected chi connectivity index (χ1v) is 7.76. The second-order valence-electron chi connectivity index (χ2n) is 6.40. The van der Waals surface area contributed by atoms with Gasteiger partial charge in [0.2, 0.25) is 5.91 Å². The minimum absolute atomic E-state index is 0.160. The third-order valence-corrected chi connectivity index (χ3v) is 4.32. The van der Waals surface area contributed by atoms with Crippen LogP contribution in [0.4, 0.5) is 4.39 Å². The molecule has 1 saturated heterocycles. The fourth-order valence-electron chi connectivity index (χ4n) is 2.87. The van der Waals surface area contributed by atoms with E-state index in [9.17, 15) is 19.1 Å². The van der Waals surface area contributed by atoms with Gasteiger partial charge in [-0.25, -0.2) is 4.39 Å². The van der Waals surface area contributed by atoms with Crippen LogP contribution in [0, 0.1) is 5.82 Å². The van der Waals surface area contributed by atoms with Crippen LogP contribution in [0.1, 0.15) is 26.3 Å². The predicted molar refractivity (Wildman–Crippen MR) is 84.3 cm³/mol. The van der Waals surface area contributed by atoms with Gasteiger partial charge in [-0.05, 0) is 26.8 Å². The molecular weight excluding hydrogens is 299 g/mol. The van der Waals surface area contributed by atoms with Gasteiger partial charge in [0.1, 0.15) is 11.9 Å². The van der Waals surface area contributed by atoms with E-state index >= 15 is 0 Å². The van der Waals surface area contributed by atoms with Gasteiger partial charge < -0.3 is 14.9 Å². The second-order valence-corrected chi connectivity index (χ2v) is 6.40. The van der Waals surface area contributed by atoms with Crippen molar-refractivity contribution in [3.8, 4) is 0 Å². The highest BCUT2D eigenvalue weighted by atomic mass is 19.1. The van der Waals surface area contributed by atoms with Crippen LogP contribution in [0.15, 0.2) is 24.3 Å². The monoisotopic (exact) mass is 322 g/mol. The van der Waals surface area contributed by atoms with Gasteiger partial charge in [0.15, 0.2) is 0 Å². The molecular formula is C17H23FN2O3. The number of piperazine rings is 1. The van der Waals surface area contributed by atoms with Crippen LogP contribution >= 0.6 is 0 Å². The lowest BCUT2D eigenvalue weighted by Crippen LogP contribution is -2.55. The molecule has 0 saturated carbocycles. The number of amides is 2. The Hall–Kier alpha value is -1.95. The maximum Gasteiger partial charge on any atom is 0.251 e. The Morgan fingerprint density at radius 1 is 1.13 bits per heavy atom. The van der Waals surface area contributed by atoms with Crippen LogP contribution in [0.25, 0.3) is 0 Å². The molecule has 1 aliphatic heterocycles. The summed E-state index contributed by atoms with van der Waals surface area (Å²) in [5.41, 5.74) is -0.602. The molecule has 23 heavy (non-hydrogen) atoms. The lowest BCUT2D eigenvalue weighted by Gasteiger charge is -2.39. The zero-order valence-electron chi connectivity index (χ0n) is 13.8. The van der Waals surface area contributed by atoms with E-state index in [1.54, 1.807) is 41.8 Å². The Kier molecular flexibility index (Phi) is 5.04. The molecule has 1 atom stereocenters. The Balaban J connectivity index is 2.07. The molecule has 0 spiro atoms. The summed E-state index contributed by atoms with van der Waals surface area (Å²) in [6.07, 6.45) is -1.04. The summed E-state index contributed by atoms with van der Waals surface area (Å²) in [4.78, 5) is 27.7. The molecule has 1 heterocycles. The van der Waals surface area contributed by atoms with E-state index in [0.29, 0.717) is 31.7 Å². The minimum Gasteiger partial charge on any atom is -0.384 e. The largest absolute Gasteiger partial charge is 0.384 e. The van der Waals surface area contributed by atoms with Gasteiger partial charge in [-0.3, -0.25) is 9.59 Å². The third kappa shape index (κ3) is 3.52. The van der Waals surface area contributed by atoms with Crippen molar-refractivity contribution in [1.82, 2.24) is 9.80 Å². The van der Waals surface area contributed by atoms with E-state index < -0.39 is 17.3 Å². The number of rotatable bonds is 3. The molecule has 0 radical (unpaired) electrons. The van der Waals surface area contributed by atoms with Gasteiger partial charge in [0.05, 0.1) is 5.41 Å². The Bertz CT molecular complexity index is 593. The van der Waals surface area contributed by atoms with Gasteiger partial charge in [0, 0.05) is 31.7 Å². The van der Waals surface area contributed by atoms with Crippen LogP contribution in [0.2, 0.25) is 0 Å². The summed E-state index contributed by atoms with van der Waals surface area (Å²) >= 11 is 0. The number of benzene rings is 1. The number of carbonyl (C=O) groups excluding carboxylic acids is 2. The lowest BCUT2D eigenvalue weighted by molar-refractivity contribution is -0.146. The van der Waals surface area contributed by atoms with Gasteiger partial charge in [-0.2, -0.15) is 0 Å². The van der Waals surface area contributed by atoms with Gasteiger partial charge >= 0.3 is 0 Å². The molecule has 1 N–H and O–H groups in total. The van der Waals surface area contributed by atoms with E-state index in [0.717, 1.165) is 0 Å². The fraction of sp³-hybridized carbons (Fsp3) is 0.529. The molecule has 0 bridgehead atoms. The number of aliphatic hydroxyl groups is 1. The smallest absolute Gasteiger partial charge is 0.251 e.